The largest absolute Gasteiger partial charge is 0.391 e. The van der Waals surface area contributed by atoms with Gasteiger partial charge >= 0.3 is 0 Å². The van der Waals surface area contributed by atoms with Crippen molar-refractivity contribution in [1.82, 2.24) is 30.1 Å². The van der Waals surface area contributed by atoms with E-state index < -0.39 is 0 Å². The van der Waals surface area contributed by atoms with Crippen molar-refractivity contribution in [3.63, 3.8) is 0 Å². The average Bonchev–Trinajstić information content (AvgIpc) is 3.18. The van der Waals surface area contributed by atoms with Crippen molar-refractivity contribution in [1.29, 1.82) is 0 Å². The summed E-state index contributed by atoms with van der Waals surface area (Å²) in [4.78, 5) is 19.4. The molecule has 1 fully saturated rings. The summed E-state index contributed by atoms with van der Waals surface area (Å²) in [6.07, 6.45) is 7.39. The molecule has 0 aromatic carbocycles. The molecule has 140 valence electrons. The first-order chi connectivity index (χ1) is 13.3. The standard InChI is InChI=1S/C18H22N8O/c27-14-2-1-11-26(12-14)16-6-10-21-18(23-16)20-9-5-15-22-17(25-24-15)13-3-7-19-8-4-13/h3-4,6-8,10,14,27H,1-2,5,9,11-12H2,(H,20,21,23)(H,22,24,25). The van der Waals surface area contributed by atoms with Crippen molar-refractivity contribution in [2.24, 2.45) is 0 Å². The maximum Gasteiger partial charge on any atom is 0.224 e. The molecule has 1 saturated heterocycles. The number of aromatic nitrogens is 6. The Bertz CT molecular complexity index is 869. The third-order valence-electron chi connectivity index (χ3n) is 4.48. The second-order valence-electron chi connectivity index (χ2n) is 6.50. The summed E-state index contributed by atoms with van der Waals surface area (Å²) in [6.45, 7) is 2.16. The van der Waals surface area contributed by atoms with Gasteiger partial charge < -0.3 is 15.3 Å². The number of H-pyrrole nitrogens is 1. The number of rotatable bonds is 6. The van der Waals surface area contributed by atoms with Crippen LogP contribution in [-0.4, -0.2) is 61.0 Å². The number of aliphatic hydroxyl groups excluding tert-OH is 1. The van der Waals surface area contributed by atoms with E-state index in [-0.39, 0.29) is 6.10 Å². The molecular formula is C18H22N8O. The summed E-state index contributed by atoms with van der Waals surface area (Å²) in [5.41, 5.74) is 0.931. The zero-order valence-electron chi connectivity index (χ0n) is 14.9. The van der Waals surface area contributed by atoms with Gasteiger partial charge in [-0.2, -0.15) is 10.1 Å². The van der Waals surface area contributed by atoms with Gasteiger partial charge in [0, 0.05) is 50.2 Å². The van der Waals surface area contributed by atoms with Crippen molar-refractivity contribution in [3.05, 3.63) is 42.6 Å². The predicted octanol–water partition coefficient (Wildman–Crippen LogP) is 1.27. The molecule has 1 aliphatic rings. The smallest absolute Gasteiger partial charge is 0.224 e. The summed E-state index contributed by atoms with van der Waals surface area (Å²) in [5.74, 6) is 2.87. The van der Waals surface area contributed by atoms with E-state index in [1.807, 2.05) is 18.2 Å². The average molecular weight is 366 g/mol. The van der Waals surface area contributed by atoms with Gasteiger partial charge in [0.25, 0.3) is 0 Å². The second kappa shape index (κ2) is 8.09. The molecule has 3 aromatic heterocycles. The monoisotopic (exact) mass is 366 g/mol. The van der Waals surface area contributed by atoms with Gasteiger partial charge in [-0.05, 0) is 31.0 Å². The van der Waals surface area contributed by atoms with Gasteiger partial charge in [-0.15, -0.1) is 0 Å². The molecule has 1 unspecified atom stereocenters. The van der Waals surface area contributed by atoms with E-state index in [0.29, 0.717) is 31.3 Å². The fourth-order valence-corrected chi connectivity index (χ4v) is 3.10. The Balaban J connectivity index is 1.33. The van der Waals surface area contributed by atoms with E-state index in [4.69, 9.17) is 0 Å². The number of pyridine rings is 1. The molecule has 4 heterocycles. The molecular weight excluding hydrogens is 344 g/mol. The lowest BCUT2D eigenvalue weighted by atomic mass is 10.1. The summed E-state index contributed by atoms with van der Waals surface area (Å²) in [5, 5.41) is 20.3. The van der Waals surface area contributed by atoms with Crippen LogP contribution in [-0.2, 0) is 6.42 Å². The zero-order chi connectivity index (χ0) is 18.5. The minimum atomic E-state index is -0.286. The van der Waals surface area contributed by atoms with Crippen molar-refractivity contribution in [3.8, 4) is 11.4 Å². The van der Waals surface area contributed by atoms with E-state index in [1.165, 1.54) is 0 Å². The molecule has 0 bridgehead atoms. The van der Waals surface area contributed by atoms with E-state index in [9.17, 15) is 5.11 Å². The Kier molecular flexibility index (Phi) is 5.20. The number of anilines is 2. The Morgan fingerprint density at radius 3 is 2.93 bits per heavy atom. The van der Waals surface area contributed by atoms with Gasteiger partial charge in [-0.25, -0.2) is 9.97 Å². The first-order valence-electron chi connectivity index (χ1n) is 9.09. The Labute approximate surface area is 156 Å². The highest BCUT2D eigenvalue weighted by Crippen LogP contribution is 2.18. The summed E-state index contributed by atoms with van der Waals surface area (Å²) >= 11 is 0. The van der Waals surface area contributed by atoms with Crippen LogP contribution in [0.25, 0.3) is 11.4 Å². The minimum Gasteiger partial charge on any atom is -0.391 e. The van der Waals surface area contributed by atoms with Crippen LogP contribution in [0.5, 0.6) is 0 Å². The Morgan fingerprint density at radius 2 is 2.07 bits per heavy atom. The first-order valence-corrected chi connectivity index (χ1v) is 9.09. The fraction of sp³-hybridized carbons (Fsp3) is 0.389. The van der Waals surface area contributed by atoms with Gasteiger partial charge in [0.1, 0.15) is 11.6 Å². The zero-order valence-corrected chi connectivity index (χ0v) is 14.9. The van der Waals surface area contributed by atoms with Crippen molar-refractivity contribution >= 4 is 11.8 Å². The highest BCUT2D eigenvalue weighted by Gasteiger charge is 2.19. The molecule has 3 N–H and O–H groups in total. The van der Waals surface area contributed by atoms with Crippen LogP contribution in [0.1, 0.15) is 18.7 Å². The van der Waals surface area contributed by atoms with E-state index in [0.717, 1.165) is 36.6 Å². The molecule has 0 amide bonds. The second-order valence-corrected chi connectivity index (χ2v) is 6.50. The number of nitrogens with one attached hydrogen (secondary N) is 2. The van der Waals surface area contributed by atoms with Gasteiger partial charge in [-0.3, -0.25) is 10.1 Å². The lowest BCUT2D eigenvalue weighted by molar-refractivity contribution is 0.154. The number of nitrogens with zero attached hydrogens (tertiary/aromatic N) is 6. The Hall–Kier alpha value is -3.07. The lowest BCUT2D eigenvalue weighted by Gasteiger charge is -2.31. The van der Waals surface area contributed by atoms with Crippen LogP contribution in [0, 0.1) is 0 Å². The van der Waals surface area contributed by atoms with Crippen molar-refractivity contribution in [2.45, 2.75) is 25.4 Å². The van der Waals surface area contributed by atoms with Crippen LogP contribution in [0.2, 0.25) is 0 Å². The number of aromatic amines is 1. The number of hydrogen-bond acceptors (Lipinski definition) is 8. The third kappa shape index (κ3) is 4.37. The molecule has 9 nitrogen and oxygen atoms in total. The maximum absolute atomic E-state index is 9.84. The summed E-state index contributed by atoms with van der Waals surface area (Å²) < 4.78 is 0. The molecule has 4 rings (SSSR count). The number of aliphatic hydroxyl groups is 1. The van der Waals surface area contributed by atoms with Crippen LogP contribution >= 0.6 is 0 Å². The van der Waals surface area contributed by atoms with Crippen LogP contribution < -0.4 is 10.2 Å². The molecule has 3 aromatic rings. The molecule has 0 spiro atoms. The SMILES string of the molecule is OC1CCCN(c2ccnc(NCCc3nc(-c4ccncc4)n[nH]3)n2)C1. The number of β-amino-alcohol motifs (C(OH)–C–C–N with tert-alkyl or cyclic N) is 1. The van der Waals surface area contributed by atoms with Crippen LogP contribution in [0.15, 0.2) is 36.8 Å². The quantitative estimate of drug-likeness (QED) is 0.597. The fourth-order valence-electron chi connectivity index (χ4n) is 3.10. The van der Waals surface area contributed by atoms with E-state index in [2.05, 4.69) is 40.3 Å². The number of piperidine rings is 1. The normalized spacial score (nSPS) is 17.1. The van der Waals surface area contributed by atoms with Crippen molar-refractivity contribution in [2.75, 3.05) is 29.9 Å². The highest BCUT2D eigenvalue weighted by atomic mass is 16.3. The van der Waals surface area contributed by atoms with E-state index in [1.54, 1.807) is 18.6 Å². The minimum absolute atomic E-state index is 0.286. The first kappa shape index (κ1) is 17.3. The summed E-state index contributed by atoms with van der Waals surface area (Å²) in [6, 6.07) is 5.63. The topological polar surface area (TPSA) is 116 Å². The molecule has 0 aliphatic carbocycles. The van der Waals surface area contributed by atoms with Crippen LogP contribution in [0.4, 0.5) is 11.8 Å². The van der Waals surface area contributed by atoms with Gasteiger partial charge in [0.15, 0.2) is 5.82 Å². The maximum atomic E-state index is 9.84. The van der Waals surface area contributed by atoms with Crippen LogP contribution in [0.3, 0.4) is 0 Å². The summed E-state index contributed by atoms with van der Waals surface area (Å²) in [7, 11) is 0. The predicted molar refractivity (Wildman–Crippen MR) is 101 cm³/mol. The van der Waals surface area contributed by atoms with E-state index >= 15 is 0 Å². The molecule has 27 heavy (non-hydrogen) atoms. The molecule has 1 aliphatic heterocycles. The molecule has 1 atom stereocenters. The number of hydrogen-bond donors (Lipinski definition) is 3. The third-order valence-corrected chi connectivity index (χ3v) is 4.48. The van der Waals surface area contributed by atoms with Gasteiger partial charge in [-0.1, -0.05) is 0 Å². The molecule has 9 heteroatoms. The lowest BCUT2D eigenvalue weighted by Crippen LogP contribution is -2.38. The Morgan fingerprint density at radius 1 is 1.19 bits per heavy atom. The van der Waals surface area contributed by atoms with Crippen molar-refractivity contribution < 1.29 is 5.11 Å². The molecule has 0 saturated carbocycles. The highest BCUT2D eigenvalue weighted by molar-refractivity contribution is 5.53. The molecule has 0 radical (unpaired) electrons. The van der Waals surface area contributed by atoms with Gasteiger partial charge in [0.2, 0.25) is 5.95 Å². The van der Waals surface area contributed by atoms with Gasteiger partial charge in [0.05, 0.1) is 6.10 Å².